The first-order valence-corrected chi connectivity index (χ1v) is 8.51. The normalized spacial score (nSPS) is 12.4. The summed E-state index contributed by atoms with van der Waals surface area (Å²) in [6, 6.07) is 13.9. The number of aromatic nitrogens is 2. The Hall–Kier alpha value is -1.84. The summed E-state index contributed by atoms with van der Waals surface area (Å²) in [5.74, 6) is 0.317. The molecule has 3 aromatic rings. The number of benzene rings is 2. The molecule has 108 valence electrons. The number of nitrogens with zero attached hydrogens (tertiary/aromatic N) is 2. The van der Waals surface area contributed by atoms with E-state index >= 15 is 0 Å². The van der Waals surface area contributed by atoms with Crippen LogP contribution in [0.3, 0.4) is 0 Å². The monoisotopic (exact) mass is 347 g/mol. The van der Waals surface area contributed by atoms with Crippen LogP contribution in [0.2, 0.25) is 0 Å². The summed E-state index contributed by atoms with van der Waals surface area (Å²) in [4.78, 5) is 0. The molecule has 4 nitrogen and oxygen atoms in total. The van der Waals surface area contributed by atoms with Crippen molar-refractivity contribution in [2.24, 2.45) is 0 Å². The molecule has 21 heavy (non-hydrogen) atoms. The quantitative estimate of drug-likeness (QED) is 0.698. The van der Waals surface area contributed by atoms with Gasteiger partial charge in [0.1, 0.15) is 0 Å². The van der Waals surface area contributed by atoms with E-state index in [1.807, 2.05) is 24.3 Å². The van der Waals surface area contributed by atoms with Gasteiger partial charge in [0.05, 0.1) is 0 Å². The number of phenols is 1. The van der Waals surface area contributed by atoms with Crippen molar-refractivity contribution in [1.29, 1.82) is 0 Å². The Morgan fingerprint density at radius 1 is 1.14 bits per heavy atom. The fraction of sp³-hybridized carbons (Fsp3) is 0.250. The van der Waals surface area contributed by atoms with Gasteiger partial charge in [-0.1, -0.05) is 0 Å². The van der Waals surface area contributed by atoms with Gasteiger partial charge in [0, 0.05) is 0 Å². The van der Waals surface area contributed by atoms with Crippen molar-refractivity contribution in [2.45, 2.75) is 25.8 Å². The van der Waals surface area contributed by atoms with Gasteiger partial charge in [0.2, 0.25) is 0 Å². The molecule has 1 unspecified atom stereocenters. The number of aromatic hydroxyl groups is 1. The molecule has 1 heterocycles. The van der Waals surface area contributed by atoms with E-state index in [1.54, 1.807) is 12.1 Å². The molecule has 3 rings (SSSR count). The Labute approximate surface area is 130 Å². The van der Waals surface area contributed by atoms with Gasteiger partial charge in [0.25, 0.3) is 0 Å². The average molecular weight is 346 g/mol. The van der Waals surface area contributed by atoms with Gasteiger partial charge in [-0.05, 0) is 0 Å². The second-order valence-corrected chi connectivity index (χ2v) is 6.30. The zero-order valence-corrected chi connectivity index (χ0v) is 13.5. The van der Waals surface area contributed by atoms with Crippen LogP contribution in [0.4, 0.5) is 5.69 Å². The minimum absolute atomic E-state index is 0.00932. The number of phenolic OH excluding ortho intramolecular Hbond substituents is 1. The third kappa shape index (κ3) is 3.43. The topological polar surface area (TPSA) is 58.0 Å². The first-order chi connectivity index (χ1) is 10.2. The molecule has 1 aromatic heterocycles. The fourth-order valence-corrected chi connectivity index (χ4v) is 3.46. The molecule has 5 heteroatoms. The Morgan fingerprint density at radius 2 is 1.95 bits per heavy atom. The molecule has 0 aliphatic rings. The molecule has 2 aromatic carbocycles. The maximum atomic E-state index is 9.29. The number of hydrogen-bond donors (Lipinski definition) is 2. The van der Waals surface area contributed by atoms with Crippen molar-refractivity contribution in [3.63, 3.8) is 0 Å². The zero-order chi connectivity index (χ0) is 14.7. The van der Waals surface area contributed by atoms with Crippen LogP contribution in [0.1, 0.15) is 18.9 Å². The SMILES string of the molecule is CC(CCc1ccc(O)cc1)Nc1cccc2n[se]nc12. The maximum absolute atomic E-state index is 9.29. The Morgan fingerprint density at radius 3 is 2.76 bits per heavy atom. The molecule has 0 saturated carbocycles. The summed E-state index contributed by atoms with van der Waals surface area (Å²) in [7, 11) is 0. The van der Waals surface area contributed by atoms with E-state index in [9.17, 15) is 5.11 Å². The number of fused-ring (bicyclic) bond motifs is 1. The number of aryl methyl sites for hydroxylation is 1. The summed E-state index contributed by atoms with van der Waals surface area (Å²) in [5, 5.41) is 12.8. The van der Waals surface area contributed by atoms with Gasteiger partial charge in [0.15, 0.2) is 0 Å². The Kier molecular flexibility index (Phi) is 4.23. The van der Waals surface area contributed by atoms with Crippen LogP contribution in [0.25, 0.3) is 11.0 Å². The van der Waals surface area contributed by atoms with Crippen molar-refractivity contribution in [2.75, 3.05) is 5.32 Å². The molecule has 1 atom stereocenters. The van der Waals surface area contributed by atoms with Gasteiger partial charge in [-0.25, -0.2) is 0 Å². The second kappa shape index (κ2) is 6.29. The predicted molar refractivity (Wildman–Crippen MR) is 86.0 cm³/mol. The van der Waals surface area contributed by atoms with Crippen LogP contribution in [0.15, 0.2) is 42.5 Å². The van der Waals surface area contributed by atoms with Crippen LogP contribution < -0.4 is 5.32 Å². The molecule has 0 bridgehead atoms. The van der Waals surface area contributed by atoms with E-state index in [2.05, 4.69) is 26.3 Å². The van der Waals surface area contributed by atoms with Crippen LogP contribution in [-0.4, -0.2) is 34.1 Å². The molecular formula is C16H17N3OSe. The molecule has 0 aliphatic carbocycles. The van der Waals surface area contributed by atoms with Crippen molar-refractivity contribution in [1.82, 2.24) is 7.96 Å². The first kappa shape index (κ1) is 14.1. The van der Waals surface area contributed by atoms with Crippen LogP contribution in [-0.2, 0) is 6.42 Å². The van der Waals surface area contributed by atoms with E-state index in [1.165, 1.54) is 5.56 Å². The van der Waals surface area contributed by atoms with Gasteiger partial charge < -0.3 is 0 Å². The number of nitrogens with one attached hydrogen (secondary N) is 1. The molecule has 0 aliphatic heterocycles. The molecule has 2 N–H and O–H groups in total. The molecule has 0 amide bonds. The Balaban J connectivity index is 1.62. The van der Waals surface area contributed by atoms with Crippen molar-refractivity contribution < 1.29 is 5.11 Å². The van der Waals surface area contributed by atoms with Gasteiger partial charge in [-0.15, -0.1) is 0 Å². The predicted octanol–water partition coefficient (Wildman–Crippen LogP) is 2.83. The number of anilines is 1. The van der Waals surface area contributed by atoms with E-state index in [-0.39, 0.29) is 15.0 Å². The summed E-state index contributed by atoms with van der Waals surface area (Å²) in [5.41, 5.74) is 4.33. The number of hydrogen-bond acceptors (Lipinski definition) is 4. The second-order valence-electron chi connectivity index (χ2n) is 5.19. The zero-order valence-electron chi connectivity index (χ0n) is 11.8. The molecule has 0 radical (unpaired) electrons. The summed E-state index contributed by atoms with van der Waals surface area (Å²) in [6.07, 6.45) is 2.01. The van der Waals surface area contributed by atoms with Crippen molar-refractivity contribution in [3.05, 3.63) is 48.0 Å². The summed E-state index contributed by atoms with van der Waals surface area (Å²) < 4.78 is 8.89. The van der Waals surface area contributed by atoms with Gasteiger partial charge in [-0.3, -0.25) is 0 Å². The van der Waals surface area contributed by atoms with Crippen molar-refractivity contribution >= 4 is 31.7 Å². The molecule has 0 fully saturated rings. The van der Waals surface area contributed by atoms with E-state index < -0.39 is 0 Å². The molecule has 0 saturated heterocycles. The van der Waals surface area contributed by atoms with Crippen LogP contribution in [0.5, 0.6) is 5.75 Å². The Bertz CT molecular complexity index is 724. The van der Waals surface area contributed by atoms with E-state index in [0.29, 0.717) is 11.8 Å². The summed E-state index contributed by atoms with van der Waals surface area (Å²) >= 11 is 0.00932. The third-order valence-corrected chi connectivity index (χ3v) is 4.63. The minimum atomic E-state index is 0.00932. The fourth-order valence-electron chi connectivity index (χ4n) is 2.31. The first-order valence-electron chi connectivity index (χ1n) is 6.98. The molecule has 0 spiro atoms. The summed E-state index contributed by atoms with van der Waals surface area (Å²) in [6.45, 7) is 2.18. The van der Waals surface area contributed by atoms with Gasteiger partial charge >= 0.3 is 130 Å². The van der Waals surface area contributed by atoms with Crippen LogP contribution in [0, 0.1) is 0 Å². The van der Waals surface area contributed by atoms with Crippen LogP contribution >= 0.6 is 0 Å². The van der Waals surface area contributed by atoms with E-state index in [4.69, 9.17) is 0 Å². The van der Waals surface area contributed by atoms with Crippen molar-refractivity contribution in [3.8, 4) is 5.75 Å². The number of rotatable bonds is 5. The van der Waals surface area contributed by atoms with E-state index in [0.717, 1.165) is 29.6 Å². The molecular weight excluding hydrogens is 329 g/mol. The average Bonchev–Trinajstić information content (AvgIpc) is 2.96. The standard InChI is InChI=1S/C16H17N3OSe/c1-11(5-6-12-7-9-13(20)10-8-12)17-14-3-2-4-15-16(14)19-21-18-15/h2-4,7-11,17,20H,5-6H2,1H3. The van der Waals surface area contributed by atoms with Gasteiger partial charge in [-0.2, -0.15) is 0 Å². The third-order valence-electron chi connectivity index (χ3n) is 3.49.